The zero-order valence-electron chi connectivity index (χ0n) is 19.4. The van der Waals surface area contributed by atoms with Crippen molar-refractivity contribution in [2.75, 3.05) is 49.8 Å². The van der Waals surface area contributed by atoms with Crippen molar-refractivity contribution < 1.29 is 32.2 Å². The number of carbonyl (C=O) groups excluding carboxylic acids is 2. The number of nitrogens with one attached hydrogen (secondary N) is 2. The van der Waals surface area contributed by atoms with Crippen LogP contribution in [0.5, 0.6) is 11.5 Å². The van der Waals surface area contributed by atoms with E-state index in [1.165, 1.54) is 26.4 Å². The predicted octanol–water partition coefficient (Wildman–Crippen LogP) is 2.02. The van der Waals surface area contributed by atoms with Crippen molar-refractivity contribution in [3.8, 4) is 11.5 Å². The number of methoxy groups -OCH3 is 2. The molecule has 2 aromatic rings. The first kappa shape index (κ1) is 25.3. The Bertz CT molecular complexity index is 1130. The number of hydrogen-bond acceptors (Lipinski definition) is 7. The van der Waals surface area contributed by atoms with Crippen LogP contribution >= 0.6 is 0 Å². The van der Waals surface area contributed by atoms with Gasteiger partial charge < -0.3 is 24.8 Å². The number of amides is 2. The van der Waals surface area contributed by atoms with Crippen molar-refractivity contribution in [2.24, 2.45) is 0 Å². The Hall–Kier alpha value is -3.31. The highest BCUT2D eigenvalue weighted by atomic mass is 32.2. The highest BCUT2D eigenvalue weighted by molar-refractivity contribution is 7.92. The van der Waals surface area contributed by atoms with E-state index >= 15 is 0 Å². The summed E-state index contributed by atoms with van der Waals surface area (Å²) in [6.07, 6.45) is 2.83. The smallest absolute Gasteiger partial charge is 0.253 e. The summed E-state index contributed by atoms with van der Waals surface area (Å²) in [6, 6.07) is 11.1. The van der Waals surface area contributed by atoms with Crippen LogP contribution in [0, 0.1) is 0 Å². The molecule has 1 aliphatic heterocycles. The Balaban J connectivity index is 1.75. The van der Waals surface area contributed by atoms with Gasteiger partial charge in [-0.3, -0.25) is 13.9 Å². The van der Waals surface area contributed by atoms with Gasteiger partial charge >= 0.3 is 0 Å². The molecular formula is C23H29N3O7S. The number of sulfonamides is 1. The first-order valence-corrected chi connectivity index (χ1v) is 12.6. The predicted molar refractivity (Wildman–Crippen MR) is 128 cm³/mol. The monoisotopic (exact) mass is 491 g/mol. The lowest BCUT2D eigenvalue weighted by Gasteiger charge is -2.23. The summed E-state index contributed by atoms with van der Waals surface area (Å²) in [5.41, 5.74) is 0.780. The molecule has 0 saturated carbocycles. The van der Waals surface area contributed by atoms with Gasteiger partial charge in [0.1, 0.15) is 6.54 Å². The van der Waals surface area contributed by atoms with E-state index in [4.69, 9.17) is 14.2 Å². The van der Waals surface area contributed by atoms with Gasteiger partial charge in [0.2, 0.25) is 15.9 Å². The summed E-state index contributed by atoms with van der Waals surface area (Å²) in [7, 11) is -0.915. The Morgan fingerprint density at radius 2 is 1.85 bits per heavy atom. The normalized spacial score (nSPS) is 15.4. The van der Waals surface area contributed by atoms with Crippen LogP contribution in [-0.4, -0.2) is 66.5 Å². The molecule has 2 aromatic carbocycles. The van der Waals surface area contributed by atoms with Crippen molar-refractivity contribution in [1.29, 1.82) is 0 Å². The number of rotatable bonds is 10. The van der Waals surface area contributed by atoms with E-state index < -0.39 is 22.5 Å². The maximum absolute atomic E-state index is 12.8. The molecule has 2 N–H and O–H groups in total. The second kappa shape index (κ2) is 11.2. The molecule has 0 spiro atoms. The van der Waals surface area contributed by atoms with Gasteiger partial charge in [-0.15, -0.1) is 0 Å². The number of anilines is 2. The van der Waals surface area contributed by atoms with Crippen LogP contribution in [0.3, 0.4) is 0 Å². The van der Waals surface area contributed by atoms with Gasteiger partial charge in [0.05, 0.1) is 43.5 Å². The van der Waals surface area contributed by atoms with E-state index in [2.05, 4.69) is 10.6 Å². The van der Waals surface area contributed by atoms with Crippen molar-refractivity contribution in [2.45, 2.75) is 18.9 Å². The lowest BCUT2D eigenvalue weighted by molar-refractivity contribution is -0.114. The minimum atomic E-state index is -3.81. The molecule has 34 heavy (non-hydrogen) atoms. The Morgan fingerprint density at radius 1 is 1.12 bits per heavy atom. The van der Waals surface area contributed by atoms with Crippen LogP contribution in [-0.2, 0) is 19.6 Å². The van der Waals surface area contributed by atoms with Crippen molar-refractivity contribution in [3.63, 3.8) is 0 Å². The molecule has 1 heterocycles. The van der Waals surface area contributed by atoms with Gasteiger partial charge in [0.25, 0.3) is 5.91 Å². The van der Waals surface area contributed by atoms with Gasteiger partial charge in [-0.1, -0.05) is 12.1 Å². The van der Waals surface area contributed by atoms with Crippen LogP contribution in [0.1, 0.15) is 23.2 Å². The summed E-state index contributed by atoms with van der Waals surface area (Å²) in [6.45, 7) is 0.562. The van der Waals surface area contributed by atoms with Crippen molar-refractivity contribution >= 4 is 33.2 Å². The average Bonchev–Trinajstić information content (AvgIpc) is 3.34. The third-order valence-electron chi connectivity index (χ3n) is 5.30. The fourth-order valence-corrected chi connectivity index (χ4v) is 4.45. The third-order valence-corrected chi connectivity index (χ3v) is 6.44. The molecule has 0 radical (unpaired) electrons. The van der Waals surface area contributed by atoms with Crippen LogP contribution in [0.25, 0.3) is 0 Å². The molecule has 11 heteroatoms. The lowest BCUT2D eigenvalue weighted by Crippen LogP contribution is -2.38. The highest BCUT2D eigenvalue weighted by Gasteiger charge is 2.24. The Morgan fingerprint density at radius 3 is 2.50 bits per heavy atom. The largest absolute Gasteiger partial charge is 0.493 e. The number of carbonyl (C=O) groups is 2. The molecule has 3 rings (SSSR count). The molecule has 0 aromatic heterocycles. The maximum atomic E-state index is 12.8. The molecule has 2 amide bonds. The van der Waals surface area contributed by atoms with Crippen LogP contribution in [0.2, 0.25) is 0 Å². The molecule has 0 bridgehead atoms. The minimum absolute atomic E-state index is 0.0180. The zero-order valence-corrected chi connectivity index (χ0v) is 20.2. The van der Waals surface area contributed by atoms with E-state index in [0.717, 1.165) is 23.4 Å². The van der Waals surface area contributed by atoms with Crippen molar-refractivity contribution in [1.82, 2.24) is 5.32 Å². The van der Waals surface area contributed by atoms with Gasteiger partial charge in [-0.05, 0) is 37.1 Å². The topological polar surface area (TPSA) is 123 Å². The number of hydrogen-bond donors (Lipinski definition) is 2. The van der Waals surface area contributed by atoms with Crippen molar-refractivity contribution in [3.05, 3.63) is 48.0 Å². The quantitative estimate of drug-likeness (QED) is 0.521. The van der Waals surface area contributed by atoms with E-state index in [0.29, 0.717) is 24.7 Å². The van der Waals surface area contributed by atoms with Gasteiger partial charge in [-0.25, -0.2) is 8.42 Å². The van der Waals surface area contributed by atoms with E-state index in [1.54, 1.807) is 30.3 Å². The molecule has 184 valence electrons. The standard InChI is InChI=1S/C23H29N3O7S/c1-31-20-11-10-16(13-21(20)32-2)26(34(3,29)30)15-22(27)25-19-9-5-4-8-18(19)23(28)24-14-17-7-6-12-33-17/h4-5,8-11,13,17H,6-7,12,14-15H2,1-3H3,(H,24,28)(H,25,27). The maximum Gasteiger partial charge on any atom is 0.253 e. The molecule has 1 atom stereocenters. The molecule has 1 aliphatic rings. The van der Waals surface area contributed by atoms with Gasteiger partial charge in [-0.2, -0.15) is 0 Å². The lowest BCUT2D eigenvalue weighted by atomic mass is 10.1. The van der Waals surface area contributed by atoms with Gasteiger partial charge in [0.15, 0.2) is 11.5 Å². The number of benzene rings is 2. The SMILES string of the molecule is COc1ccc(N(CC(=O)Nc2ccccc2C(=O)NCC2CCCO2)S(C)(=O)=O)cc1OC. The zero-order chi connectivity index (χ0) is 24.7. The van der Waals surface area contributed by atoms with Gasteiger partial charge in [0, 0.05) is 19.2 Å². The third kappa shape index (κ3) is 6.39. The van der Waals surface area contributed by atoms with E-state index in [-0.39, 0.29) is 28.9 Å². The molecule has 1 saturated heterocycles. The first-order valence-electron chi connectivity index (χ1n) is 10.7. The number of nitrogens with zero attached hydrogens (tertiary/aromatic N) is 1. The van der Waals surface area contributed by atoms with E-state index in [1.807, 2.05) is 0 Å². The number of para-hydroxylation sites is 1. The molecule has 1 fully saturated rings. The average molecular weight is 492 g/mol. The highest BCUT2D eigenvalue weighted by Crippen LogP contribution is 2.32. The van der Waals surface area contributed by atoms with Crippen LogP contribution < -0.4 is 24.4 Å². The fourth-order valence-electron chi connectivity index (χ4n) is 3.60. The Kier molecular flexibility index (Phi) is 8.35. The summed E-state index contributed by atoms with van der Waals surface area (Å²) < 4.78 is 41.8. The van der Waals surface area contributed by atoms with E-state index in [9.17, 15) is 18.0 Å². The molecular weight excluding hydrogens is 462 g/mol. The second-order valence-corrected chi connectivity index (χ2v) is 9.65. The second-order valence-electron chi connectivity index (χ2n) is 7.75. The summed E-state index contributed by atoms with van der Waals surface area (Å²) in [5, 5.41) is 5.47. The number of ether oxygens (including phenoxy) is 3. The fraction of sp³-hybridized carbons (Fsp3) is 0.391. The molecule has 1 unspecified atom stereocenters. The summed E-state index contributed by atoms with van der Waals surface area (Å²) >= 11 is 0. The minimum Gasteiger partial charge on any atom is -0.493 e. The summed E-state index contributed by atoms with van der Waals surface area (Å²) in [4.78, 5) is 25.5. The molecule has 10 nitrogen and oxygen atoms in total. The Labute approximate surface area is 199 Å². The van der Waals surface area contributed by atoms with Crippen LogP contribution in [0.15, 0.2) is 42.5 Å². The van der Waals surface area contributed by atoms with Crippen LogP contribution in [0.4, 0.5) is 11.4 Å². The molecule has 0 aliphatic carbocycles. The summed E-state index contributed by atoms with van der Waals surface area (Å²) in [5.74, 6) is -0.222. The first-order chi connectivity index (χ1) is 16.2.